The lowest BCUT2D eigenvalue weighted by atomic mass is 10.2. The van der Waals surface area contributed by atoms with Crippen LogP contribution < -0.4 is 10.1 Å². The van der Waals surface area contributed by atoms with Gasteiger partial charge in [0.05, 0.1) is 12.6 Å². The van der Waals surface area contributed by atoms with Gasteiger partial charge in [0.2, 0.25) is 0 Å². The van der Waals surface area contributed by atoms with Crippen LogP contribution in [0.15, 0.2) is 42.5 Å². The lowest BCUT2D eigenvalue weighted by Crippen LogP contribution is -2.19. The Morgan fingerprint density at radius 2 is 2.14 bits per heavy atom. The lowest BCUT2D eigenvalue weighted by molar-refractivity contribution is 0.195. The number of halogens is 1. The van der Waals surface area contributed by atoms with Crippen molar-refractivity contribution in [2.45, 2.75) is 19.1 Å². The van der Waals surface area contributed by atoms with Crippen LogP contribution in [0.4, 0.5) is 5.82 Å². The molecule has 2 heterocycles. The molecule has 2 aromatic rings. The monoisotopic (exact) mass is 304 g/mol. The first-order valence-electron chi connectivity index (χ1n) is 6.98. The Bertz CT molecular complexity index is 586. The van der Waals surface area contributed by atoms with Crippen molar-refractivity contribution in [3.8, 4) is 5.75 Å². The Morgan fingerprint density at radius 1 is 1.29 bits per heavy atom. The van der Waals surface area contributed by atoms with Crippen LogP contribution in [0.5, 0.6) is 5.75 Å². The van der Waals surface area contributed by atoms with Gasteiger partial charge in [-0.05, 0) is 12.0 Å². The number of nitrogens with zero attached hydrogens (tertiary/aromatic N) is 1. The highest BCUT2D eigenvalue weighted by molar-refractivity contribution is 6.29. The van der Waals surface area contributed by atoms with Gasteiger partial charge in [-0.1, -0.05) is 41.9 Å². The summed E-state index contributed by atoms with van der Waals surface area (Å²) in [5.74, 6) is 1.43. The Hall–Kier alpha value is -1.78. The molecule has 0 saturated carbocycles. The van der Waals surface area contributed by atoms with Crippen LogP contribution >= 0.6 is 11.6 Å². The first-order chi connectivity index (χ1) is 10.3. The SMILES string of the molecule is Clc1cc(OCc2ccccc2)cc(NC2CCOC2)n1. The molecule has 110 valence electrons. The quantitative estimate of drug-likeness (QED) is 0.858. The summed E-state index contributed by atoms with van der Waals surface area (Å²) in [5.41, 5.74) is 1.11. The third kappa shape index (κ3) is 4.09. The molecule has 1 aliphatic heterocycles. The smallest absolute Gasteiger partial charge is 0.135 e. The minimum atomic E-state index is 0.290. The highest BCUT2D eigenvalue weighted by Gasteiger charge is 2.16. The fourth-order valence-electron chi connectivity index (χ4n) is 2.23. The third-order valence-corrected chi connectivity index (χ3v) is 3.49. The molecule has 0 bridgehead atoms. The molecule has 0 aliphatic carbocycles. The second kappa shape index (κ2) is 6.78. The molecule has 1 aromatic heterocycles. The summed E-state index contributed by atoms with van der Waals surface area (Å²) in [6, 6.07) is 13.9. The zero-order valence-corrected chi connectivity index (χ0v) is 12.3. The minimum Gasteiger partial charge on any atom is -0.489 e. The molecule has 0 spiro atoms. The summed E-state index contributed by atoms with van der Waals surface area (Å²) >= 11 is 6.05. The highest BCUT2D eigenvalue weighted by Crippen LogP contribution is 2.23. The predicted molar refractivity (Wildman–Crippen MR) is 82.9 cm³/mol. The van der Waals surface area contributed by atoms with Crippen molar-refractivity contribution in [2.24, 2.45) is 0 Å². The summed E-state index contributed by atoms with van der Waals surface area (Å²) in [6.45, 7) is 2.00. The molecule has 1 aromatic carbocycles. The Labute approximate surface area is 129 Å². The number of anilines is 1. The number of pyridine rings is 1. The molecule has 4 nitrogen and oxygen atoms in total. The molecule has 0 amide bonds. The van der Waals surface area contributed by atoms with E-state index in [1.54, 1.807) is 6.07 Å². The maximum Gasteiger partial charge on any atom is 0.135 e. The molecule has 21 heavy (non-hydrogen) atoms. The van der Waals surface area contributed by atoms with E-state index in [1.807, 2.05) is 36.4 Å². The minimum absolute atomic E-state index is 0.290. The van der Waals surface area contributed by atoms with E-state index >= 15 is 0 Å². The van der Waals surface area contributed by atoms with E-state index in [9.17, 15) is 0 Å². The number of hydrogen-bond acceptors (Lipinski definition) is 4. The second-order valence-electron chi connectivity index (χ2n) is 4.99. The van der Waals surface area contributed by atoms with Gasteiger partial charge >= 0.3 is 0 Å². The van der Waals surface area contributed by atoms with Crippen molar-refractivity contribution in [2.75, 3.05) is 18.5 Å². The summed E-state index contributed by atoms with van der Waals surface area (Å²) in [6.07, 6.45) is 0.981. The average Bonchev–Trinajstić information content (AvgIpc) is 2.99. The summed E-state index contributed by atoms with van der Waals surface area (Å²) in [5, 5.41) is 3.74. The predicted octanol–water partition coefficient (Wildman–Crippen LogP) is 3.51. The van der Waals surface area contributed by atoms with Crippen molar-refractivity contribution < 1.29 is 9.47 Å². The topological polar surface area (TPSA) is 43.4 Å². The van der Waals surface area contributed by atoms with Gasteiger partial charge in [0, 0.05) is 18.7 Å². The van der Waals surface area contributed by atoms with Crippen LogP contribution in [0.2, 0.25) is 5.15 Å². The van der Waals surface area contributed by atoms with Crippen molar-refractivity contribution >= 4 is 17.4 Å². The van der Waals surface area contributed by atoms with Gasteiger partial charge in [-0.2, -0.15) is 0 Å². The average molecular weight is 305 g/mol. The van der Waals surface area contributed by atoms with Crippen LogP contribution in [0, 0.1) is 0 Å². The van der Waals surface area contributed by atoms with Crippen molar-refractivity contribution in [1.29, 1.82) is 0 Å². The highest BCUT2D eigenvalue weighted by atomic mass is 35.5. The summed E-state index contributed by atoms with van der Waals surface area (Å²) in [7, 11) is 0. The molecule has 1 fully saturated rings. The zero-order chi connectivity index (χ0) is 14.5. The fourth-order valence-corrected chi connectivity index (χ4v) is 2.43. The van der Waals surface area contributed by atoms with Gasteiger partial charge < -0.3 is 14.8 Å². The number of ether oxygens (including phenoxy) is 2. The van der Waals surface area contributed by atoms with Gasteiger partial charge in [-0.15, -0.1) is 0 Å². The first-order valence-corrected chi connectivity index (χ1v) is 7.36. The van der Waals surface area contributed by atoms with Crippen LogP contribution in [-0.2, 0) is 11.3 Å². The second-order valence-corrected chi connectivity index (χ2v) is 5.38. The number of hydrogen-bond donors (Lipinski definition) is 1. The van der Waals surface area contributed by atoms with Crippen molar-refractivity contribution in [3.05, 3.63) is 53.2 Å². The molecular weight excluding hydrogens is 288 g/mol. The van der Waals surface area contributed by atoms with E-state index < -0.39 is 0 Å². The number of nitrogens with one attached hydrogen (secondary N) is 1. The molecular formula is C16H17ClN2O2. The fraction of sp³-hybridized carbons (Fsp3) is 0.312. The van der Waals surface area contributed by atoms with Gasteiger partial charge in [0.25, 0.3) is 0 Å². The van der Waals surface area contributed by atoms with E-state index in [-0.39, 0.29) is 6.04 Å². The zero-order valence-electron chi connectivity index (χ0n) is 11.6. The van der Waals surface area contributed by atoms with Gasteiger partial charge in [-0.25, -0.2) is 4.98 Å². The number of rotatable bonds is 5. The van der Waals surface area contributed by atoms with Crippen LogP contribution in [0.25, 0.3) is 0 Å². The van der Waals surface area contributed by atoms with Crippen molar-refractivity contribution in [3.63, 3.8) is 0 Å². The molecule has 0 radical (unpaired) electrons. The van der Waals surface area contributed by atoms with Crippen LogP contribution in [0.1, 0.15) is 12.0 Å². The van der Waals surface area contributed by atoms with Crippen molar-refractivity contribution in [1.82, 2.24) is 4.98 Å². The molecule has 1 aliphatic rings. The van der Waals surface area contributed by atoms with E-state index in [4.69, 9.17) is 21.1 Å². The molecule has 1 N–H and O–H groups in total. The summed E-state index contributed by atoms with van der Waals surface area (Å²) < 4.78 is 11.1. The Morgan fingerprint density at radius 3 is 2.90 bits per heavy atom. The van der Waals surface area contributed by atoms with E-state index in [2.05, 4.69) is 10.3 Å². The van der Waals surface area contributed by atoms with E-state index in [0.29, 0.717) is 24.1 Å². The Kier molecular flexibility index (Phi) is 4.58. The summed E-state index contributed by atoms with van der Waals surface area (Å²) in [4.78, 5) is 4.27. The molecule has 1 atom stereocenters. The number of aromatic nitrogens is 1. The van der Waals surface area contributed by atoms with E-state index in [0.717, 1.165) is 24.4 Å². The first kappa shape index (κ1) is 14.2. The lowest BCUT2D eigenvalue weighted by Gasteiger charge is -2.13. The van der Waals surface area contributed by atoms with Crippen LogP contribution in [-0.4, -0.2) is 24.2 Å². The number of benzene rings is 1. The third-order valence-electron chi connectivity index (χ3n) is 3.30. The maximum atomic E-state index is 6.05. The largest absolute Gasteiger partial charge is 0.489 e. The maximum absolute atomic E-state index is 6.05. The Balaban J connectivity index is 1.65. The normalized spacial score (nSPS) is 17.7. The molecule has 1 unspecified atom stereocenters. The molecule has 3 rings (SSSR count). The molecule has 1 saturated heterocycles. The molecule has 5 heteroatoms. The standard InChI is InChI=1S/C16H17ClN2O2/c17-15-8-14(21-10-12-4-2-1-3-5-12)9-16(19-15)18-13-6-7-20-11-13/h1-5,8-9,13H,6-7,10-11H2,(H,18,19). The van der Waals surface area contributed by atoms with Gasteiger partial charge in [0.1, 0.15) is 23.3 Å². The van der Waals surface area contributed by atoms with Crippen LogP contribution in [0.3, 0.4) is 0 Å². The van der Waals surface area contributed by atoms with E-state index in [1.165, 1.54) is 0 Å². The van der Waals surface area contributed by atoms with Gasteiger partial charge in [0.15, 0.2) is 0 Å². The van der Waals surface area contributed by atoms with Gasteiger partial charge in [-0.3, -0.25) is 0 Å².